The van der Waals surface area contributed by atoms with Crippen LogP contribution in [-0.4, -0.2) is 49.4 Å². The summed E-state index contributed by atoms with van der Waals surface area (Å²) < 4.78 is 16.2. The molecule has 0 aliphatic heterocycles. The molecule has 1 unspecified atom stereocenters. The van der Waals surface area contributed by atoms with Crippen LogP contribution in [-0.2, 0) is 14.3 Å². The molecule has 188 valence electrons. The number of amides is 2. The fourth-order valence-corrected chi connectivity index (χ4v) is 2.98. The number of rotatable bonds is 12. The lowest BCUT2D eigenvalue weighted by atomic mass is 10.1. The van der Waals surface area contributed by atoms with Gasteiger partial charge >= 0.3 is 5.97 Å². The van der Waals surface area contributed by atoms with Crippen LogP contribution >= 0.6 is 0 Å². The fraction of sp³-hybridized carbons (Fsp3) is 0.385. The summed E-state index contributed by atoms with van der Waals surface area (Å²) in [7, 11) is 0. The predicted octanol–water partition coefficient (Wildman–Crippen LogP) is 3.62. The molecule has 0 saturated heterocycles. The van der Waals surface area contributed by atoms with Crippen molar-refractivity contribution < 1.29 is 33.4 Å². The Kier molecular flexibility index (Phi) is 10.3. The van der Waals surface area contributed by atoms with Crippen LogP contribution in [0.25, 0.3) is 0 Å². The van der Waals surface area contributed by atoms with Crippen molar-refractivity contribution in [2.45, 2.75) is 40.7 Å². The molecule has 0 aliphatic carbocycles. The van der Waals surface area contributed by atoms with Crippen LogP contribution in [0.3, 0.4) is 0 Å². The highest BCUT2D eigenvalue weighted by molar-refractivity contribution is 6.01. The summed E-state index contributed by atoms with van der Waals surface area (Å²) in [6.07, 6.45) is -1.05. The Bertz CT molecular complexity index is 1050. The molecule has 2 aromatic rings. The zero-order chi connectivity index (χ0) is 26.0. The Labute approximate surface area is 205 Å². The molecule has 35 heavy (non-hydrogen) atoms. The van der Waals surface area contributed by atoms with Crippen molar-refractivity contribution in [2.24, 2.45) is 5.92 Å². The Balaban J connectivity index is 1.90. The molecule has 0 bridgehead atoms. The molecule has 9 heteroatoms. The molecular weight excluding hydrogens is 452 g/mol. The molecule has 0 fully saturated rings. The number of hydrogen-bond acceptors (Lipinski definition) is 7. The van der Waals surface area contributed by atoms with Crippen LogP contribution in [0.1, 0.15) is 55.3 Å². The first-order valence-corrected chi connectivity index (χ1v) is 11.5. The second-order valence-electron chi connectivity index (χ2n) is 7.93. The summed E-state index contributed by atoms with van der Waals surface area (Å²) in [5, 5.41) is 5.22. The Morgan fingerprint density at radius 1 is 0.829 bits per heavy atom. The van der Waals surface area contributed by atoms with E-state index in [-0.39, 0.29) is 11.8 Å². The molecule has 2 rings (SSSR count). The number of ketones is 1. The van der Waals surface area contributed by atoms with Gasteiger partial charge in [-0.3, -0.25) is 19.2 Å². The lowest BCUT2D eigenvalue weighted by molar-refractivity contribution is -0.145. The molecule has 0 spiro atoms. The molecule has 2 amide bonds. The van der Waals surface area contributed by atoms with Crippen LogP contribution in [0.5, 0.6) is 11.5 Å². The van der Waals surface area contributed by atoms with Gasteiger partial charge in [0.1, 0.15) is 6.54 Å². The van der Waals surface area contributed by atoms with Crippen molar-refractivity contribution in [3.63, 3.8) is 0 Å². The van der Waals surface area contributed by atoms with E-state index in [1.807, 2.05) is 13.8 Å². The Morgan fingerprint density at radius 2 is 1.43 bits per heavy atom. The number of benzene rings is 2. The number of Topliss-reactive ketones (excluding diaryl/α,β-unsaturated/α-hetero) is 1. The normalized spacial score (nSPS) is 11.4. The zero-order valence-electron chi connectivity index (χ0n) is 20.7. The number of esters is 1. The van der Waals surface area contributed by atoms with E-state index < -0.39 is 30.3 Å². The SMILES string of the molecule is CCOc1ccc(C(=O)NCC(=O)OC(C)C(=O)c2ccc(NC(=O)C(C)C)cc2)cc1OCC. The third-order valence-corrected chi connectivity index (χ3v) is 4.84. The number of hydrogen-bond donors (Lipinski definition) is 2. The first kappa shape index (κ1) is 27.4. The minimum Gasteiger partial charge on any atom is -0.490 e. The summed E-state index contributed by atoms with van der Waals surface area (Å²) in [4.78, 5) is 49.0. The molecular formula is C26H32N2O7. The highest BCUT2D eigenvalue weighted by Gasteiger charge is 2.20. The third kappa shape index (κ3) is 8.13. The minimum atomic E-state index is -1.05. The fourth-order valence-electron chi connectivity index (χ4n) is 2.98. The van der Waals surface area contributed by atoms with E-state index in [2.05, 4.69) is 10.6 Å². The maximum absolute atomic E-state index is 12.6. The van der Waals surface area contributed by atoms with Gasteiger partial charge in [0.25, 0.3) is 5.91 Å². The van der Waals surface area contributed by atoms with Crippen molar-refractivity contribution in [2.75, 3.05) is 25.1 Å². The highest BCUT2D eigenvalue weighted by atomic mass is 16.5. The quantitative estimate of drug-likeness (QED) is 0.349. The lowest BCUT2D eigenvalue weighted by Gasteiger charge is -2.14. The minimum absolute atomic E-state index is 0.132. The standard InChI is InChI=1S/C26H32N2O7/c1-6-33-21-13-10-19(14-22(21)34-7-2)26(32)27-15-23(29)35-17(5)24(30)18-8-11-20(12-9-18)28-25(31)16(3)4/h8-14,16-17H,6-7,15H2,1-5H3,(H,27,32)(H,28,31). The van der Waals surface area contributed by atoms with Gasteiger partial charge in [-0.25, -0.2) is 0 Å². The van der Waals surface area contributed by atoms with E-state index in [0.717, 1.165) is 0 Å². The van der Waals surface area contributed by atoms with Crippen molar-refractivity contribution in [1.29, 1.82) is 0 Å². The van der Waals surface area contributed by atoms with E-state index in [1.165, 1.54) is 13.0 Å². The van der Waals surface area contributed by atoms with Crippen LogP contribution in [0, 0.1) is 5.92 Å². The maximum atomic E-state index is 12.6. The lowest BCUT2D eigenvalue weighted by Crippen LogP contribution is -2.34. The van der Waals surface area contributed by atoms with Gasteiger partial charge in [-0.05, 0) is 63.2 Å². The van der Waals surface area contributed by atoms with Crippen molar-refractivity contribution in [1.82, 2.24) is 5.32 Å². The smallest absolute Gasteiger partial charge is 0.326 e. The molecule has 0 aromatic heterocycles. The monoisotopic (exact) mass is 484 g/mol. The van der Waals surface area contributed by atoms with Gasteiger partial charge in [0.2, 0.25) is 11.7 Å². The van der Waals surface area contributed by atoms with E-state index in [4.69, 9.17) is 14.2 Å². The topological polar surface area (TPSA) is 120 Å². The van der Waals surface area contributed by atoms with Gasteiger partial charge in [-0.1, -0.05) is 13.8 Å². The molecule has 0 heterocycles. The number of ether oxygens (including phenoxy) is 3. The number of anilines is 1. The van der Waals surface area contributed by atoms with Crippen molar-refractivity contribution in [3.05, 3.63) is 53.6 Å². The molecule has 0 saturated carbocycles. The average Bonchev–Trinajstić information content (AvgIpc) is 2.83. The summed E-state index contributed by atoms with van der Waals surface area (Å²) in [6, 6.07) is 11.0. The van der Waals surface area contributed by atoms with Crippen LogP contribution in [0.15, 0.2) is 42.5 Å². The molecule has 0 aliphatic rings. The predicted molar refractivity (Wildman–Crippen MR) is 131 cm³/mol. The van der Waals surface area contributed by atoms with Gasteiger partial charge in [-0.2, -0.15) is 0 Å². The van der Waals surface area contributed by atoms with Gasteiger partial charge in [0, 0.05) is 22.7 Å². The first-order chi connectivity index (χ1) is 16.7. The van der Waals surface area contributed by atoms with Gasteiger partial charge in [0.05, 0.1) is 13.2 Å². The van der Waals surface area contributed by atoms with Crippen molar-refractivity contribution >= 4 is 29.3 Å². The number of carbonyl (C=O) groups is 4. The maximum Gasteiger partial charge on any atom is 0.326 e. The second-order valence-corrected chi connectivity index (χ2v) is 7.93. The summed E-state index contributed by atoms with van der Waals surface area (Å²) in [5.41, 5.74) is 1.18. The Hall–Kier alpha value is -3.88. The second kappa shape index (κ2) is 13.1. The highest BCUT2D eigenvalue weighted by Crippen LogP contribution is 2.28. The molecule has 9 nitrogen and oxygen atoms in total. The summed E-state index contributed by atoms with van der Waals surface area (Å²) >= 11 is 0. The average molecular weight is 485 g/mol. The summed E-state index contributed by atoms with van der Waals surface area (Å²) in [6.45, 7) is 9.12. The van der Waals surface area contributed by atoms with E-state index in [0.29, 0.717) is 41.5 Å². The Morgan fingerprint density at radius 3 is 2.03 bits per heavy atom. The van der Waals surface area contributed by atoms with Crippen molar-refractivity contribution in [3.8, 4) is 11.5 Å². The van der Waals surface area contributed by atoms with Gasteiger partial charge in [0.15, 0.2) is 17.6 Å². The van der Waals surface area contributed by atoms with Crippen LogP contribution in [0.4, 0.5) is 5.69 Å². The van der Waals surface area contributed by atoms with Crippen LogP contribution < -0.4 is 20.1 Å². The first-order valence-electron chi connectivity index (χ1n) is 11.5. The van der Waals surface area contributed by atoms with Crippen LogP contribution in [0.2, 0.25) is 0 Å². The molecule has 2 N–H and O–H groups in total. The largest absolute Gasteiger partial charge is 0.490 e. The number of nitrogens with one attached hydrogen (secondary N) is 2. The number of carbonyl (C=O) groups excluding carboxylic acids is 4. The third-order valence-electron chi connectivity index (χ3n) is 4.84. The zero-order valence-corrected chi connectivity index (χ0v) is 20.7. The molecule has 0 radical (unpaired) electrons. The van der Waals surface area contributed by atoms with E-state index in [9.17, 15) is 19.2 Å². The van der Waals surface area contributed by atoms with E-state index >= 15 is 0 Å². The molecule has 2 aromatic carbocycles. The molecule has 1 atom stereocenters. The summed E-state index contributed by atoms with van der Waals surface area (Å²) in [5.74, 6) is -1.00. The van der Waals surface area contributed by atoms with E-state index in [1.54, 1.807) is 50.2 Å². The van der Waals surface area contributed by atoms with Gasteiger partial charge < -0.3 is 24.8 Å². The van der Waals surface area contributed by atoms with Gasteiger partial charge in [-0.15, -0.1) is 0 Å².